The minimum Gasteiger partial charge on any atom is -0.497 e. The lowest BCUT2D eigenvalue weighted by molar-refractivity contribution is 0.118. The highest BCUT2D eigenvalue weighted by molar-refractivity contribution is 6.17. The summed E-state index contributed by atoms with van der Waals surface area (Å²) in [6.07, 6.45) is 4.11. The van der Waals surface area contributed by atoms with Gasteiger partial charge >= 0.3 is 30.5 Å². The molecule has 0 bridgehead atoms. The van der Waals surface area contributed by atoms with Gasteiger partial charge < -0.3 is 70.2 Å². The molecule has 732 valence electrons. The first kappa shape index (κ1) is 106. The molecule has 5 amide bonds. The Morgan fingerprint density at radius 1 is 0.371 bits per heavy atom. The Morgan fingerprint density at radius 2 is 0.643 bits per heavy atom. The van der Waals surface area contributed by atoms with Gasteiger partial charge in [0.25, 0.3) is 0 Å². The number of benzene rings is 10. The van der Waals surface area contributed by atoms with Crippen molar-refractivity contribution in [2.75, 3.05) is 81.4 Å². The minimum atomic E-state index is -0.636. The molecule has 0 aliphatic rings. The number of anilines is 5. The van der Waals surface area contributed by atoms with Gasteiger partial charge in [0.15, 0.2) is 12.7 Å². The largest absolute Gasteiger partial charge is 0.497 e. The van der Waals surface area contributed by atoms with Crippen LogP contribution in [0, 0.1) is 74.4 Å². The van der Waals surface area contributed by atoms with E-state index in [-0.39, 0.29) is 30.3 Å². The number of carbonyl (C=O) groups is 5. The Hall–Kier alpha value is -17.7. The first-order valence-corrected chi connectivity index (χ1v) is 46.5. The van der Waals surface area contributed by atoms with Crippen LogP contribution in [0.4, 0.5) is 52.4 Å². The number of nitriles is 5. The maximum Gasteiger partial charge on any atom is 0.412 e. The number of hydrogen-bond donors (Lipinski definition) is 5. The fourth-order valence-electron chi connectivity index (χ4n) is 16.3. The number of nitrogens with one attached hydrogen (secondary N) is 5. The molecule has 0 radical (unpaired) electrons. The lowest BCUT2D eigenvalue weighted by atomic mass is 9.99. The van der Waals surface area contributed by atoms with Gasteiger partial charge in [-0.05, 0) is 198 Å². The first-order valence-electron chi connectivity index (χ1n) is 46.0. The van der Waals surface area contributed by atoms with Crippen LogP contribution >= 0.6 is 11.6 Å². The van der Waals surface area contributed by atoms with E-state index in [2.05, 4.69) is 92.3 Å². The SMILES string of the molecule is C#CCOC(=O)Nc1ccc(-c2c(C#N)c3ccc(OC)cc3n2CC)cc1.C=CC(C)OC(=O)Nc1ccc(-c2c(C#N)c3ccc(OC)cc3n2CC)cc1.CCC(C)OC(=O)Nc1ccc(-c2c(C#N)c3ccc(OC)cc3n2CC)cc1.CCn1c(-c2cccc(NC(=O)OCC(C)(C)C)c2)c(C#N)c2ccc(OC)cc21.CCn1c(-c2cccc(NC(=O)OCCl)c2)c(C#N)c2ccc(OC)cc21. The van der Waals surface area contributed by atoms with Gasteiger partial charge in [0.1, 0.15) is 71.3 Å². The van der Waals surface area contributed by atoms with E-state index in [0.29, 0.717) is 95.6 Å². The molecule has 0 saturated heterocycles. The quantitative estimate of drug-likeness (QED) is 0.0138. The predicted molar refractivity (Wildman–Crippen MR) is 560 cm³/mol. The molecule has 143 heavy (non-hydrogen) atoms. The molecule has 0 spiro atoms. The average Bonchev–Trinajstić information content (AvgIpc) is 1.63. The number of rotatable bonds is 27. The highest BCUT2D eigenvalue weighted by atomic mass is 35.5. The van der Waals surface area contributed by atoms with Crippen molar-refractivity contribution in [2.45, 2.75) is 128 Å². The topological polar surface area (TPSA) is 381 Å². The van der Waals surface area contributed by atoms with Crippen molar-refractivity contribution in [2.24, 2.45) is 5.41 Å². The van der Waals surface area contributed by atoms with Gasteiger partial charge in [0.2, 0.25) is 0 Å². The van der Waals surface area contributed by atoms with Gasteiger partial charge in [-0.15, -0.1) is 6.42 Å². The molecule has 31 heteroatoms. The van der Waals surface area contributed by atoms with Crippen LogP contribution in [0.5, 0.6) is 28.7 Å². The smallest absolute Gasteiger partial charge is 0.412 e. The standard InChI is InChI=1S/C24H27N3O3.C23H25N3O3.C23H23N3O3.C22H19N3O3.C20H18ClN3O3/c1-6-27-21-13-18(29-5)10-11-19(21)20(14-25)22(27)16-8-7-9-17(12-16)26-23(28)30-15-24(2,3)4;2*1-5-15(3)29-23(27)25-17-9-7-16(8-10-17)22-20(14-24)19-12-11-18(28-4)13-21(19)26(22)6-2;1-4-12-28-22(26)24-16-8-6-15(7-9-16)21-19(14-23)18-11-10-17(27-3)13-20(18)25(21)5-2;1-3-24-18-10-15(26-2)7-8-16(18)17(11-22)19(24)13-5-4-6-14(9-13)23-20(25)27-12-21/h7-13H,6,15H2,1-5H3,(H,26,28);7-13,15H,5-6H2,1-4H3,(H,25,27);5,7-13,15H,1,6H2,2-4H3,(H,25,27);1,6-11,13H,5,12H2,2-3H3,(H,24,26);4-10H,3,12H2,1-2H3,(H,23,25). The minimum absolute atomic E-state index is 0.0878. The van der Waals surface area contributed by atoms with E-state index in [0.717, 1.165) is 146 Å². The molecule has 2 atom stereocenters. The van der Waals surface area contributed by atoms with Gasteiger partial charge in [-0.25, -0.2) is 24.0 Å². The normalized spacial score (nSPS) is 11.0. The number of hydrogen-bond acceptors (Lipinski definition) is 20. The number of ether oxygens (including phenoxy) is 10. The van der Waals surface area contributed by atoms with Crippen LogP contribution < -0.4 is 50.3 Å². The zero-order chi connectivity index (χ0) is 103. The average molecular weight is 1940 g/mol. The summed E-state index contributed by atoms with van der Waals surface area (Å²) in [7, 11) is 8.11. The number of amides is 5. The van der Waals surface area contributed by atoms with Crippen LogP contribution in [-0.4, -0.2) is 120 Å². The third-order valence-corrected chi connectivity index (χ3v) is 23.2. The van der Waals surface area contributed by atoms with Crippen LogP contribution in [0.25, 0.3) is 111 Å². The van der Waals surface area contributed by atoms with Gasteiger partial charge in [0, 0.05) is 130 Å². The van der Waals surface area contributed by atoms with Gasteiger partial charge in [-0.1, -0.05) is 119 Å². The fourth-order valence-corrected chi connectivity index (χ4v) is 16.4. The number of nitrogens with zero attached hydrogens (tertiary/aromatic N) is 10. The molecule has 15 rings (SSSR count). The number of carbonyl (C=O) groups excluding carboxylic acids is 5. The summed E-state index contributed by atoms with van der Waals surface area (Å²) >= 11 is 5.41. The maximum atomic E-state index is 12.2. The first-order chi connectivity index (χ1) is 69.0. The molecule has 2 unspecified atom stereocenters. The number of aryl methyl sites for hydroxylation is 5. The van der Waals surface area contributed by atoms with Crippen LogP contribution in [0.1, 0.15) is 110 Å². The van der Waals surface area contributed by atoms with Gasteiger partial charge in [-0.3, -0.25) is 26.6 Å². The van der Waals surface area contributed by atoms with Crippen molar-refractivity contribution < 1.29 is 71.3 Å². The summed E-state index contributed by atoms with van der Waals surface area (Å²) in [5.74, 6) is 5.93. The zero-order valence-electron chi connectivity index (χ0n) is 82.6. The van der Waals surface area contributed by atoms with E-state index in [4.69, 9.17) is 65.4 Å². The van der Waals surface area contributed by atoms with Crippen LogP contribution in [-0.2, 0) is 56.4 Å². The van der Waals surface area contributed by atoms with Crippen LogP contribution in [0.3, 0.4) is 0 Å². The monoisotopic (exact) mass is 1940 g/mol. The molecule has 5 N–H and O–H groups in total. The van der Waals surface area contributed by atoms with Gasteiger partial charge in [-0.2, -0.15) is 26.3 Å². The third kappa shape index (κ3) is 25.1. The Balaban J connectivity index is 0.000000171. The van der Waals surface area contributed by atoms with Crippen LogP contribution in [0.2, 0.25) is 0 Å². The number of alkyl halides is 1. The van der Waals surface area contributed by atoms with Crippen molar-refractivity contribution in [1.82, 2.24) is 22.8 Å². The molecule has 0 fully saturated rings. The Morgan fingerprint density at radius 3 is 0.902 bits per heavy atom. The molecule has 15 aromatic rings. The summed E-state index contributed by atoms with van der Waals surface area (Å²) in [6, 6.07) is 76.6. The van der Waals surface area contributed by atoms with Crippen molar-refractivity contribution in [3.05, 3.63) is 253 Å². The molecular formula is C112H112ClN15O15. The van der Waals surface area contributed by atoms with E-state index in [9.17, 15) is 50.3 Å². The fraction of sp³-hybridized carbons (Fsp3) is 0.250. The van der Waals surface area contributed by atoms with Crippen LogP contribution in [0.15, 0.2) is 225 Å². The summed E-state index contributed by atoms with van der Waals surface area (Å²) in [5.41, 5.74) is 19.0. The van der Waals surface area contributed by atoms with Crippen molar-refractivity contribution in [3.63, 3.8) is 0 Å². The molecular weight excluding hydrogens is 1830 g/mol. The molecule has 30 nitrogen and oxygen atoms in total. The highest BCUT2D eigenvalue weighted by Gasteiger charge is 2.27. The second kappa shape index (κ2) is 49.5. The summed E-state index contributed by atoms with van der Waals surface area (Å²) in [4.78, 5) is 59.2. The molecule has 0 aliphatic heterocycles. The second-order valence-corrected chi connectivity index (χ2v) is 33.5. The number of methoxy groups -OCH3 is 5. The second-order valence-electron chi connectivity index (χ2n) is 33.3. The van der Waals surface area contributed by atoms with Gasteiger partial charge in [0.05, 0.1) is 126 Å². The van der Waals surface area contributed by atoms with E-state index in [1.54, 1.807) is 91.0 Å². The summed E-state index contributed by atoms with van der Waals surface area (Å²) in [5, 5.41) is 66.9. The number of halogens is 1. The lowest BCUT2D eigenvalue weighted by Crippen LogP contribution is -2.21. The molecule has 10 aromatic carbocycles. The Labute approximate surface area is 835 Å². The van der Waals surface area contributed by atoms with Crippen molar-refractivity contribution in [1.29, 1.82) is 26.3 Å². The molecule has 5 aromatic heterocycles. The number of fused-ring (bicyclic) bond motifs is 5. The van der Waals surface area contributed by atoms with Crippen molar-refractivity contribution in [3.8, 4) is 128 Å². The van der Waals surface area contributed by atoms with Crippen molar-refractivity contribution >= 4 is 125 Å². The Kier molecular flexibility index (Phi) is 36.6. The molecule has 0 aliphatic carbocycles. The molecule has 0 saturated carbocycles. The molecule has 5 heterocycles. The predicted octanol–water partition coefficient (Wildman–Crippen LogP) is 26.0. The highest BCUT2D eigenvalue weighted by Crippen LogP contribution is 2.43. The third-order valence-electron chi connectivity index (χ3n) is 23.1. The van der Waals surface area contributed by atoms with E-state index >= 15 is 0 Å². The zero-order valence-corrected chi connectivity index (χ0v) is 83.3. The summed E-state index contributed by atoms with van der Waals surface area (Å²) in [6.45, 7) is 29.0. The lowest BCUT2D eigenvalue weighted by Gasteiger charge is -2.18. The van der Waals surface area contributed by atoms with E-state index in [1.807, 2.05) is 239 Å². The van der Waals surface area contributed by atoms with E-state index in [1.165, 1.54) is 0 Å². The van der Waals surface area contributed by atoms with E-state index < -0.39 is 30.5 Å². The maximum absolute atomic E-state index is 12.2. The Bertz CT molecular complexity index is 7450. The summed E-state index contributed by atoms with van der Waals surface area (Å²) < 4.78 is 62.3. The number of terminal acetylenes is 1. The number of aromatic nitrogens is 5.